The molecule has 2 aliphatic heterocycles. The lowest BCUT2D eigenvalue weighted by Gasteiger charge is -2.36. The largest absolute Gasteiger partial charge is 0.374 e. The monoisotopic (exact) mass is 310 g/mol. The Morgan fingerprint density at radius 2 is 2.00 bits per heavy atom. The van der Waals surface area contributed by atoms with Crippen molar-refractivity contribution in [2.45, 2.75) is 25.6 Å². The van der Waals surface area contributed by atoms with Gasteiger partial charge in [-0.05, 0) is 12.5 Å². The highest BCUT2D eigenvalue weighted by Crippen LogP contribution is 2.26. The van der Waals surface area contributed by atoms with Gasteiger partial charge in [-0.15, -0.1) is 0 Å². The molecule has 2 saturated heterocycles. The van der Waals surface area contributed by atoms with Crippen molar-refractivity contribution < 1.29 is 13.2 Å². The molecular formula is C15H22N2O3S. The smallest absolute Gasteiger partial charge is 0.213 e. The maximum Gasteiger partial charge on any atom is 0.213 e. The van der Waals surface area contributed by atoms with E-state index in [-0.39, 0.29) is 17.9 Å². The molecule has 0 N–H and O–H groups in total. The van der Waals surface area contributed by atoms with E-state index in [0.717, 1.165) is 13.1 Å². The Morgan fingerprint density at radius 1 is 1.24 bits per heavy atom. The van der Waals surface area contributed by atoms with Crippen molar-refractivity contribution in [1.29, 1.82) is 0 Å². The summed E-state index contributed by atoms with van der Waals surface area (Å²) in [5.41, 5.74) is 1.26. The number of morpholine rings is 1. The van der Waals surface area contributed by atoms with Crippen LogP contribution in [0.2, 0.25) is 0 Å². The molecule has 6 heteroatoms. The molecular weight excluding hydrogens is 288 g/mol. The summed E-state index contributed by atoms with van der Waals surface area (Å²) in [5, 5.41) is 0. The summed E-state index contributed by atoms with van der Waals surface area (Å²) >= 11 is 0. The molecule has 2 aliphatic rings. The topological polar surface area (TPSA) is 49.9 Å². The molecule has 0 bridgehead atoms. The van der Waals surface area contributed by atoms with Gasteiger partial charge >= 0.3 is 0 Å². The van der Waals surface area contributed by atoms with E-state index >= 15 is 0 Å². The van der Waals surface area contributed by atoms with Crippen molar-refractivity contribution in [3.63, 3.8) is 0 Å². The van der Waals surface area contributed by atoms with Crippen molar-refractivity contribution in [3.05, 3.63) is 35.9 Å². The van der Waals surface area contributed by atoms with E-state index in [4.69, 9.17) is 4.74 Å². The maximum absolute atomic E-state index is 12.1. The summed E-state index contributed by atoms with van der Waals surface area (Å²) in [6.45, 7) is 5.12. The van der Waals surface area contributed by atoms with Crippen LogP contribution >= 0.6 is 0 Å². The second-order valence-corrected chi connectivity index (χ2v) is 7.91. The van der Waals surface area contributed by atoms with E-state index in [9.17, 15) is 8.42 Å². The Hall–Kier alpha value is -0.950. The summed E-state index contributed by atoms with van der Waals surface area (Å²) in [6, 6.07) is 10.5. The Kier molecular flexibility index (Phi) is 4.31. The van der Waals surface area contributed by atoms with Gasteiger partial charge in [-0.3, -0.25) is 4.90 Å². The minimum atomic E-state index is -3.13. The number of ether oxygens (including phenoxy) is 1. The van der Waals surface area contributed by atoms with E-state index in [2.05, 4.69) is 17.0 Å². The van der Waals surface area contributed by atoms with Crippen LogP contribution in [0.5, 0.6) is 0 Å². The molecule has 21 heavy (non-hydrogen) atoms. The average Bonchev–Trinajstić information content (AvgIpc) is 2.94. The zero-order chi connectivity index (χ0) is 14.9. The van der Waals surface area contributed by atoms with Gasteiger partial charge in [0.2, 0.25) is 10.0 Å². The number of fused-ring (bicyclic) bond motifs is 1. The van der Waals surface area contributed by atoms with Gasteiger partial charge in [-0.2, -0.15) is 4.31 Å². The summed E-state index contributed by atoms with van der Waals surface area (Å²) in [5.74, 6) is 0.158. The lowest BCUT2D eigenvalue weighted by Crippen LogP contribution is -2.50. The van der Waals surface area contributed by atoms with E-state index < -0.39 is 10.0 Å². The fraction of sp³-hybridized carbons (Fsp3) is 0.600. The van der Waals surface area contributed by atoms with Gasteiger partial charge in [0.15, 0.2) is 0 Å². The number of sulfonamides is 1. The number of hydrogen-bond donors (Lipinski definition) is 0. The van der Waals surface area contributed by atoms with Crippen LogP contribution in [0.3, 0.4) is 0 Å². The number of rotatable bonds is 4. The quantitative estimate of drug-likeness (QED) is 0.830. The molecule has 0 unspecified atom stereocenters. The highest BCUT2D eigenvalue weighted by atomic mass is 32.2. The minimum Gasteiger partial charge on any atom is -0.374 e. The van der Waals surface area contributed by atoms with Gasteiger partial charge in [0, 0.05) is 26.2 Å². The van der Waals surface area contributed by atoms with E-state index in [0.29, 0.717) is 19.7 Å². The average molecular weight is 310 g/mol. The highest BCUT2D eigenvalue weighted by molar-refractivity contribution is 7.89. The SMILES string of the molecule is CCS(=O)(=O)N1C[C@@H]2OCCN(Cc3ccccc3)[C@@H]2C1. The Morgan fingerprint density at radius 3 is 2.71 bits per heavy atom. The van der Waals surface area contributed by atoms with Gasteiger partial charge in [-0.25, -0.2) is 8.42 Å². The molecule has 2 fully saturated rings. The number of nitrogens with zero attached hydrogens (tertiary/aromatic N) is 2. The van der Waals surface area contributed by atoms with E-state index in [1.165, 1.54) is 5.56 Å². The zero-order valence-corrected chi connectivity index (χ0v) is 13.1. The molecule has 1 aromatic rings. The number of benzene rings is 1. The molecule has 5 nitrogen and oxygen atoms in total. The van der Waals surface area contributed by atoms with Crippen LogP contribution in [0.25, 0.3) is 0 Å². The standard InChI is InChI=1S/C15H22N2O3S/c1-2-21(18,19)17-11-14-15(12-17)20-9-8-16(14)10-13-6-4-3-5-7-13/h3-7,14-15H,2,8-12H2,1H3/t14-,15+/m1/s1. The predicted molar refractivity (Wildman–Crippen MR) is 81.4 cm³/mol. The molecule has 2 atom stereocenters. The molecule has 3 rings (SSSR count). The van der Waals surface area contributed by atoms with Crippen LogP contribution in [0.15, 0.2) is 30.3 Å². The van der Waals surface area contributed by atoms with Crippen LogP contribution in [-0.4, -0.2) is 61.8 Å². The van der Waals surface area contributed by atoms with Gasteiger partial charge in [-0.1, -0.05) is 30.3 Å². The third-order valence-electron chi connectivity index (χ3n) is 4.37. The van der Waals surface area contributed by atoms with Gasteiger partial charge in [0.1, 0.15) is 0 Å². The third kappa shape index (κ3) is 3.13. The molecule has 0 spiro atoms. The first-order valence-corrected chi connectivity index (χ1v) is 9.08. The molecule has 2 heterocycles. The Bertz CT molecular complexity index is 576. The molecule has 1 aromatic carbocycles. The van der Waals surface area contributed by atoms with Crippen molar-refractivity contribution in [3.8, 4) is 0 Å². The van der Waals surface area contributed by atoms with Crippen LogP contribution in [0.1, 0.15) is 12.5 Å². The summed E-state index contributed by atoms with van der Waals surface area (Å²) < 4.78 is 31.5. The van der Waals surface area contributed by atoms with Crippen molar-refractivity contribution >= 4 is 10.0 Å². The van der Waals surface area contributed by atoms with Gasteiger partial charge < -0.3 is 4.74 Å². The molecule has 0 aromatic heterocycles. The zero-order valence-electron chi connectivity index (χ0n) is 12.3. The maximum atomic E-state index is 12.1. The molecule has 0 saturated carbocycles. The van der Waals surface area contributed by atoms with E-state index in [1.807, 2.05) is 18.2 Å². The normalized spacial score (nSPS) is 27.7. The third-order valence-corrected chi connectivity index (χ3v) is 6.18. The predicted octanol–water partition coefficient (Wildman–Crippen LogP) is 0.921. The van der Waals surface area contributed by atoms with Crippen LogP contribution < -0.4 is 0 Å². The second kappa shape index (κ2) is 6.04. The highest BCUT2D eigenvalue weighted by Gasteiger charge is 2.43. The fourth-order valence-corrected chi connectivity index (χ4v) is 4.27. The first kappa shape index (κ1) is 15.0. The summed E-state index contributed by atoms with van der Waals surface area (Å²) in [6.07, 6.45) is 0.00351. The molecule has 116 valence electrons. The van der Waals surface area contributed by atoms with E-state index in [1.54, 1.807) is 11.2 Å². The lowest BCUT2D eigenvalue weighted by atomic mass is 10.1. The Balaban J connectivity index is 1.73. The molecule has 0 radical (unpaired) electrons. The number of hydrogen-bond acceptors (Lipinski definition) is 4. The second-order valence-electron chi connectivity index (χ2n) is 5.65. The first-order valence-electron chi connectivity index (χ1n) is 7.47. The molecule has 0 amide bonds. The fourth-order valence-electron chi connectivity index (χ4n) is 3.15. The van der Waals surface area contributed by atoms with Gasteiger partial charge in [0.05, 0.1) is 24.5 Å². The first-order chi connectivity index (χ1) is 10.1. The summed E-state index contributed by atoms with van der Waals surface area (Å²) in [4.78, 5) is 2.36. The van der Waals surface area contributed by atoms with Crippen molar-refractivity contribution in [2.24, 2.45) is 0 Å². The minimum absolute atomic E-state index is 0.00351. The van der Waals surface area contributed by atoms with Crippen molar-refractivity contribution in [1.82, 2.24) is 9.21 Å². The van der Waals surface area contributed by atoms with Crippen LogP contribution in [0.4, 0.5) is 0 Å². The van der Waals surface area contributed by atoms with Crippen LogP contribution in [0, 0.1) is 0 Å². The summed E-state index contributed by atoms with van der Waals surface area (Å²) in [7, 11) is -3.13. The lowest BCUT2D eigenvalue weighted by molar-refractivity contribution is -0.0502. The van der Waals surface area contributed by atoms with Crippen molar-refractivity contribution in [2.75, 3.05) is 32.0 Å². The Labute approximate surface area is 126 Å². The van der Waals surface area contributed by atoms with Gasteiger partial charge in [0.25, 0.3) is 0 Å². The molecule has 0 aliphatic carbocycles. The van der Waals surface area contributed by atoms with Crippen LogP contribution in [-0.2, 0) is 21.3 Å².